The average molecular weight is 478 g/mol. The molecule has 35 heavy (non-hydrogen) atoms. The van der Waals surface area contributed by atoms with Gasteiger partial charge in [-0.3, -0.25) is 9.36 Å². The lowest BCUT2D eigenvalue weighted by Gasteiger charge is -2.10. The van der Waals surface area contributed by atoms with E-state index in [9.17, 15) is 4.79 Å². The van der Waals surface area contributed by atoms with Gasteiger partial charge in [-0.1, -0.05) is 96.7 Å². The summed E-state index contributed by atoms with van der Waals surface area (Å²) in [5, 5.41) is 16.0. The minimum Gasteiger partial charge on any atom is -0.272 e. The largest absolute Gasteiger partial charge is 0.272 e. The second kappa shape index (κ2) is 10.4. The first-order valence-electron chi connectivity index (χ1n) is 11.2. The van der Waals surface area contributed by atoms with E-state index in [4.69, 9.17) is 0 Å². The van der Waals surface area contributed by atoms with Crippen LogP contribution in [0.3, 0.4) is 0 Å². The van der Waals surface area contributed by atoms with Crippen molar-refractivity contribution >= 4 is 34.2 Å². The highest BCUT2D eigenvalue weighted by Gasteiger charge is 2.17. The van der Waals surface area contributed by atoms with Crippen molar-refractivity contribution in [3.05, 3.63) is 109 Å². The van der Waals surface area contributed by atoms with Crippen LogP contribution in [0.1, 0.15) is 12.5 Å². The van der Waals surface area contributed by atoms with Gasteiger partial charge in [-0.25, -0.2) is 5.43 Å². The van der Waals surface area contributed by atoms with Gasteiger partial charge >= 0.3 is 0 Å². The van der Waals surface area contributed by atoms with Gasteiger partial charge in [0.1, 0.15) is 0 Å². The Morgan fingerprint density at radius 1 is 0.857 bits per heavy atom. The first-order chi connectivity index (χ1) is 17.2. The highest BCUT2D eigenvalue weighted by atomic mass is 32.2. The summed E-state index contributed by atoms with van der Waals surface area (Å²) in [5.74, 6) is 0.678. The van der Waals surface area contributed by atoms with Gasteiger partial charge in [0.2, 0.25) is 0 Å². The van der Waals surface area contributed by atoms with E-state index in [2.05, 4.69) is 45.0 Å². The van der Waals surface area contributed by atoms with Gasteiger partial charge < -0.3 is 0 Å². The van der Waals surface area contributed by atoms with Gasteiger partial charge in [-0.15, -0.1) is 10.2 Å². The molecule has 0 aliphatic rings. The van der Waals surface area contributed by atoms with Crippen LogP contribution in [-0.2, 0) is 4.79 Å². The molecule has 0 aliphatic heterocycles. The van der Waals surface area contributed by atoms with E-state index in [1.54, 1.807) is 0 Å². The van der Waals surface area contributed by atoms with E-state index in [1.807, 2.05) is 90.4 Å². The van der Waals surface area contributed by atoms with E-state index < -0.39 is 0 Å². The monoisotopic (exact) mass is 477 g/mol. The fourth-order valence-electron chi connectivity index (χ4n) is 3.73. The third-order valence-electron chi connectivity index (χ3n) is 5.53. The highest BCUT2D eigenvalue weighted by molar-refractivity contribution is 7.99. The van der Waals surface area contributed by atoms with Crippen molar-refractivity contribution in [1.82, 2.24) is 20.2 Å². The number of carbonyl (C=O) groups excluding carboxylic acids is 1. The summed E-state index contributed by atoms with van der Waals surface area (Å²) in [4.78, 5) is 12.6. The van der Waals surface area contributed by atoms with Crippen LogP contribution in [0.2, 0.25) is 0 Å². The number of hydrogen-bond donors (Lipinski definition) is 1. The Morgan fingerprint density at radius 3 is 2.31 bits per heavy atom. The molecule has 4 aromatic carbocycles. The van der Waals surface area contributed by atoms with Crippen molar-refractivity contribution in [2.45, 2.75) is 12.1 Å². The smallest absolute Gasteiger partial charge is 0.250 e. The van der Waals surface area contributed by atoms with Crippen LogP contribution in [0, 0.1) is 0 Å². The van der Waals surface area contributed by atoms with Crippen LogP contribution in [0.15, 0.2) is 113 Å². The molecule has 1 heterocycles. The lowest BCUT2D eigenvalue weighted by Crippen LogP contribution is -2.21. The average Bonchev–Trinajstić information content (AvgIpc) is 3.35. The molecule has 1 amide bonds. The van der Waals surface area contributed by atoms with E-state index in [-0.39, 0.29) is 11.7 Å². The van der Waals surface area contributed by atoms with Crippen LogP contribution in [-0.4, -0.2) is 32.1 Å². The summed E-state index contributed by atoms with van der Waals surface area (Å²) in [6.45, 7) is 1.88. The summed E-state index contributed by atoms with van der Waals surface area (Å²) in [7, 11) is 0. The standard InChI is InChI=1S/C28H23N5OS/c1-20(23-17-16-21-10-8-9-13-24(21)18-23)29-30-26(34)19-35-28-32-31-27(22-11-4-2-5-12-22)33(28)25-14-6-3-7-15-25/h2-18H,19H2,1H3,(H,30,34). The summed E-state index contributed by atoms with van der Waals surface area (Å²) in [5.41, 5.74) is 6.27. The maximum atomic E-state index is 12.6. The molecule has 7 heteroatoms. The zero-order valence-corrected chi connectivity index (χ0v) is 19.9. The molecular formula is C28H23N5OS. The van der Waals surface area contributed by atoms with Gasteiger partial charge in [0.15, 0.2) is 11.0 Å². The Bertz CT molecular complexity index is 1500. The second-order valence-electron chi connectivity index (χ2n) is 7.93. The molecule has 6 nitrogen and oxygen atoms in total. The van der Waals surface area contributed by atoms with Crippen LogP contribution in [0.25, 0.3) is 27.8 Å². The molecule has 0 saturated heterocycles. The fourth-order valence-corrected chi connectivity index (χ4v) is 4.48. The maximum Gasteiger partial charge on any atom is 0.250 e. The number of aromatic nitrogens is 3. The number of rotatable bonds is 7. The Morgan fingerprint density at radius 2 is 1.54 bits per heavy atom. The molecule has 0 bridgehead atoms. The first kappa shape index (κ1) is 22.6. The van der Waals surface area contributed by atoms with Crippen molar-refractivity contribution in [2.75, 3.05) is 5.75 Å². The molecule has 0 radical (unpaired) electrons. The van der Waals surface area contributed by atoms with Crippen LogP contribution in [0.4, 0.5) is 0 Å². The molecule has 0 saturated carbocycles. The molecule has 0 spiro atoms. The predicted molar refractivity (Wildman–Crippen MR) is 142 cm³/mol. The van der Waals surface area contributed by atoms with Gasteiger partial charge in [-0.05, 0) is 41.5 Å². The predicted octanol–water partition coefficient (Wildman–Crippen LogP) is 5.72. The number of hydrogen-bond acceptors (Lipinski definition) is 5. The molecule has 5 rings (SSSR count). The van der Waals surface area contributed by atoms with Crippen molar-refractivity contribution in [1.29, 1.82) is 0 Å². The third-order valence-corrected chi connectivity index (χ3v) is 6.46. The maximum absolute atomic E-state index is 12.6. The summed E-state index contributed by atoms with van der Waals surface area (Å²) in [6, 6.07) is 34.1. The fraction of sp³-hybridized carbons (Fsp3) is 0.0714. The number of thioether (sulfide) groups is 1. The van der Waals surface area contributed by atoms with Crippen LogP contribution in [0.5, 0.6) is 0 Å². The second-order valence-corrected chi connectivity index (χ2v) is 8.87. The number of hydrazone groups is 1. The van der Waals surface area contributed by atoms with Gasteiger partial charge in [0.05, 0.1) is 11.5 Å². The minimum atomic E-state index is -0.209. The molecule has 0 aliphatic carbocycles. The number of amides is 1. The van der Waals surface area contributed by atoms with E-state index in [0.29, 0.717) is 5.16 Å². The molecule has 5 aromatic rings. The van der Waals surface area contributed by atoms with Crippen molar-refractivity contribution in [3.63, 3.8) is 0 Å². The number of nitrogens with one attached hydrogen (secondary N) is 1. The van der Waals surface area contributed by atoms with Crippen LogP contribution >= 0.6 is 11.8 Å². The SMILES string of the molecule is CC(=NNC(=O)CSc1nnc(-c2ccccc2)n1-c1ccccc1)c1ccc2ccccc2c1. The zero-order chi connectivity index (χ0) is 24.0. The Balaban J connectivity index is 1.31. The molecule has 1 aromatic heterocycles. The topological polar surface area (TPSA) is 72.2 Å². The van der Waals surface area contributed by atoms with Crippen molar-refractivity contribution in [2.24, 2.45) is 5.10 Å². The first-order valence-corrected chi connectivity index (χ1v) is 12.2. The molecular weight excluding hydrogens is 454 g/mol. The molecule has 0 unspecified atom stereocenters. The van der Waals surface area contributed by atoms with Gasteiger partial charge in [0.25, 0.3) is 5.91 Å². The van der Waals surface area contributed by atoms with E-state index in [0.717, 1.165) is 33.7 Å². The number of para-hydroxylation sites is 1. The van der Waals surface area contributed by atoms with Gasteiger partial charge in [0, 0.05) is 11.3 Å². The summed E-state index contributed by atoms with van der Waals surface area (Å²) >= 11 is 1.32. The Hall–Kier alpha value is -4.23. The number of nitrogens with zero attached hydrogens (tertiary/aromatic N) is 4. The summed E-state index contributed by atoms with van der Waals surface area (Å²) in [6.07, 6.45) is 0. The lowest BCUT2D eigenvalue weighted by atomic mass is 10.0. The van der Waals surface area contributed by atoms with E-state index in [1.165, 1.54) is 17.1 Å². The highest BCUT2D eigenvalue weighted by Crippen LogP contribution is 2.27. The molecule has 172 valence electrons. The Kier molecular flexibility index (Phi) is 6.68. The number of carbonyl (C=O) groups is 1. The van der Waals surface area contributed by atoms with Crippen molar-refractivity contribution < 1.29 is 4.79 Å². The number of benzene rings is 4. The minimum absolute atomic E-state index is 0.161. The molecule has 0 fully saturated rings. The van der Waals surface area contributed by atoms with Crippen molar-refractivity contribution in [3.8, 4) is 17.1 Å². The van der Waals surface area contributed by atoms with Gasteiger partial charge in [-0.2, -0.15) is 5.10 Å². The molecule has 1 N–H and O–H groups in total. The third kappa shape index (κ3) is 5.15. The Labute approximate surface area is 207 Å². The molecule has 0 atom stereocenters. The zero-order valence-electron chi connectivity index (χ0n) is 19.1. The number of fused-ring (bicyclic) bond motifs is 1. The normalized spacial score (nSPS) is 11.5. The quantitative estimate of drug-likeness (QED) is 0.185. The van der Waals surface area contributed by atoms with Crippen LogP contribution < -0.4 is 5.43 Å². The van der Waals surface area contributed by atoms with E-state index >= 15 is 0 Å². The summed E-state index contributed by atoms with van der Waals surface area (Å²) < 4.78 is 1.97. The lowest BCUT2D eigenvalue weighted by molar-refractivity contribution is -0.118.